The van der Waals surface area contributed by atoms with Crippen LogP contribution in [0.5, 0.6) is 0 Å². The molecule has 2 unspecified atom stereocenters. The molecule has 1 aliphatic heterocycles. The van der Waals surface area contributed by atoms with E-state index < -0.39 is 0 Å². The number of nitrogens with one attached hydrogen (secondary N) is 1. The third-order valence-electron chi connectivity index (χ3n) is 4.00. The molecule has 3 rings (SSSR count). The van der Waals surface area contributed by atoms with Crippen molar-refractivity contribution in [2.45, 2.75) is 25.4 Å². The summed E-state index contributed by atoms with van der Waals surface area (Å²) in [5.74, 6) is 1.80. The summed E-state index contributed by atoms with van der Waals surface area (Å²) in [6.07, 6.45) is 2.71. The summed E-state index contributed by atoms with van der Waals surface area (Å²) in [7, 11) is 1.71. The first kappa shape index (κ1) is 16.0. The molecule has 6 heteroatoms. The summed E-state index contributed by atoms with van der Waals surface area (Å²) < 4.78 is 11.1. The van der Waals surface area contributed by atoms with E-state index in [1.807, 2.05) is 37.3 Å². The number of methoxy groups -OCH3 is 1. The Morgan fingerprint density at radius 2 is 2.22 bits per heavy atom. The molecule has 2 aromatic heterocycles. The molecule has 0 aromatic carbocycles. The molecule has 2 aromatic rings. The lowest BCUT2D eigenvalue weighted by Gasteiger charge is -2.25. The second-order valence-electron chi connectivity index (χ2n) is 5.61. The van der Waals surface area contributed by atoms with E-state index in [1.165, 1.54) is 0 Å². The number of rotatable bonds is 6. The zero-order valence-electron chi connectivity index (χ0n) is 13.4. The number of thiocarbonyl (C=S) groups is 1. The minimum Gasteiger partial charge on any atom is -0.464 e. The van der Waals surface area contributed by atoms with E-state index in [0.717, 1.165) is 35.3 Å². The highest BCUT2D eigenvalue weighted by Gasteiger charge is 2.41. The Hall–Kier alpha value is -1.92. The van der Waals surface area contributed by atoms with Gasteiger partial charge >= 0.3 is 0 Å². The molecule has 0 amide bonds. The number of hydrogen-bond acceptors (Lipinski definition) is 4. The molecule has 0 radical (unpaired) electrons. The molecule has 0 bridgehead atoms. The Morgan fingerprint density at radius 3 is 2.87 bits per heavy atom. The van der Waals surface area contributed by atoms with Crippen LogP contribution in [0.3, 0.4) is 0 Å². The normalized spacial score (nSPS) is 20.8. The fourth-order valence-corrected chi connectivity index (χ4v) is 3.28. The Balaban J connectivity index is 1.91. The van der Waals surface area contributed by atoms with Gasteiger partial charge in [-0.2, -0.15) is 0 Å². The monoisotopic (exact) mass is 331 g/mol. The summed E-state index contributed by atoms with van der Waals surface area (Å²) in [6.45, 7) is 3.47. The second kappa shape index (κ2) is 7.10. The summed E-state index contributed by atoms with van der Waals surface area (Å²) in [4.78, 5) is 6.67. The van der Waals surface area contributed by atoms with Crippen LogP contribution in [0.4, 0.5) is 0 Å². The lowest BCUT2D eigenvalue weighted by molar-refractivity contribution is 0.177. The summed E-state index contributed by atoms with van der Waals surface area (Å²) in [6, 6.07) is 9.92. The van der Waals surface area contributed by atoms with Crippen LogP contribution >= 0.6 is 12.2 Å². The van der Waals surface area contributed by atoms with Crippen molar-refractivity contribution >= 4 is 17.3 Å². The molecule has 1 fully saturated rings. The second-order valence-corrected chi connectivity index (χ2v) is 6.00. The standard InChI is InChI=1S/C17H21N3O2S/c1-12-7-8-14(22-12)16-15(13-6-3-4-9-18-13)19-17(23)20(16)10-5-11-21-2/h3-4,6-9,15-16H,5,10-11H2,1-2H3,(H,19,23). The topological polar surface area (TPSA) is 50.5 Å². The zero-order chi connectivity index (χ0) is 16.2. The molecule has 0 spiro atoms. The highest BCUT2D eigenvalue weighted by molar-refractivity contribution is 7.80. The van der Waals surface area contributed by atoms with Crippen LogP contribution < -0.4 is 5.32 Å². The van der Waals surface area contributed by atoms with Crippen LogP contribution in [0.15, 0.2) is 40.9 Å². The third kappa shape index (κ3) is 3.38. The smallest absolute Gasteiger partial charge is 0.170 e. The summed E-state index contributed by atoms with van der Waals surface area (Å²) >= 11 is 5.56. The Bertz CT molecular complexity index is 659. The van der Waals surface area contributed by atoms with Crippen molar-refractivity contribution in [3.8, 4) is 0 Å². The molecule has 2 atom stereocenters. The quantitative estimate of drug-likeness (QED) is 0.649. The van der Waals surface area contributed by atoms with Crippen LogP contribution in [-0.4, -0.2) is 35.3 Å². The summed E-state index contributed by atoms with van der Waals surface area (Å²) in [5, 5.41) is 4.13. The molecule has 1 saturated heterocycles. The molecule has 122 valence electrons. The Kier molecular flexibility index (Phi) is 4.93. The first-order chi connectivity index (χ1) is 11.2. The van der Waals surface area contributed by atoms with Gasteiger partial charge in [-0.1, -0.05) is 6.07 Å². The van der Waals surface area contributed by atoms with E-state index in [0.29, 0.717) is 6.61 Å². The van der Waals surface area contributed by atoms with E-state index in [-0.39, 0.29) is 12.1 Å². The average molecular weight is 331 g/mol. The van der Waals surface area contributed by atoms with Crippen LogP contribution in [0.1, 0.15) is 35.7 Å². The van der Waals surface area contributed by atoms with Gasteiger partial charge in [0.1, 0.15) is 17.6 Å². The first-order valence-corrected chi connectivity index (χ1v) is 8.15. The Labute approximate surface area is 141 Å². The minimum absolute atomic E-state index is 0.00274. The molecule has 5 nitrogen and oxygen atoms in total. The van der Waals surface area contributed by atoms with Crippen LogP contribution in [0, 0.1) is 6.92 Å². The maximum atomic E-state index is 5.90. The average Bonchev–Trinajstić information content (AvgIpc) is 3.12. The van der Waals surface area contributed by atoms with Crippen LogP contribution in [-0.2, 0) is 4.74 Å². The van der Waals surface area contributed by atoms with Gasteiger partial charge < -0.3 is 19.4 Å². The van der Waals surface area contributed by atoms with Gasteiger partial charge in [0.2, 0.25) is 0 Å². The largest absolute Gasteiger partial charge is 0.464 e. The number of furan rings is 1. The highest BCUT2D eigenvalue weighted by atomic mass is 32.1. The van der Waals surface area contributed by atoms with Gasteiger partial charge in [0.15, 0.2) is 5.11 Å². The maximum absolute atomic E-state index is 5.90. The van der Waals surface area contributed by atoms with E-state index in [4.69, 9.17) is 21.4 Å². The van der Waals surface area contributed by atoms with Crippen LogP contribution in [0.25, 0.3) is 0 Å². The minimum atomic E-state index is -0.0169. The molecule has 0 aliphatic carbocycles. The van der Waals surface area contributed by atoms with Crippen molar-refractivity contribution in [2.24, 2.45) is 0 Å². The van der Waals surface area contributed by atoms with Crippen molar-refractivity contribution < 1.29 is 9.15 Å². The van der Waals surface area contributed by atoms with Gasteiger partial charge in [0.25, 0.3) is 0 Å². The number of ether oxygens (including phenoxy) is 1. The van der Waals surface area contributed by atoms with Gasteiger partial charge in [-0.05, 0) is 49.8 Å². The van der Waals surface area contributed by atoms with Crippen molar-refractivity contribution in [3.63, 3.8) is 0 Å². The zero-order valence-corrected chi connectivity index (χ0v) is 14.2. The fourth-order valence-electron chi connectivity index (χ4n) is 2.95. The number of aromatic nitrogens is 1. The lowest BCUT2D eigenvalue weighted by atomic mass is 10.0. The molecule has 1 N–H and O–H groups in total. The summed E-state index contributed by atoms with van der Waals surface area (Å²) in [5.41, 5.74) is 0.961. The number of aryl methyl sites for hydroxylation is 1. The number of hydrogen-bond donors (Lipinski definition) is 1. The third-order valence-corrected chi connectivity index (χ3v) is 4.35. The van der Waals surface area contributed by atoms with E-state index in [2.05, 4.69) is 15.2 Å². The SMILES string of the molecule is COCCCN1C(=S)NC(c2ccccn2)C1c1ccc(C)o1. The maximum Gasteiger partial charge on any atom is 0.170 e. The predicted octanol–water partition coefficient (Wildman–Crippen LogP) is 2.99. The molecule has 3 heterocycles. The fraction of sp³-hybridized carbons (Fsp3) is 0.412. The number of nitrogens with zero attached hydrogens (tertiary/aromatic N) is 2. The molecule has 0 saturated carbocycles. The van der Waals surface area contributed by atoms with Gasteiger partial charge in [-0.3, -0.25) is 4.98 Å². The van der Waals surface area contributed by atoms with Gasteiger partial charge in [-0.15, -0.1) is 0 Å². The molecule has 1 aliphatic rings. The van der Waals surface area contributed by atoms with Gasteiger partial charge in [0.05, 0.1) is 11.7 Å². The molecular weight excluding hydrogens is 310 g/mol. The molecular formula is C17H21N3O2S. The number of pyridine rings is 1. The van der Waals surface area contributed by atoms with Crippen molar-refractivity contribution in [3.05, 3.63) is 53.7 Å². The predicted molar refractivity (Wildman–Crippen MR) is 92.1 cm³/mol. The van der Waals surface area contributed by atoms with Crippen molar-refractivity contribution in [1.82, 2.24) is 15.2 Å². The van der Waals surface area contributed by atoms with Crippen molar-refractivity contribution in [1.29, 1.82) is 0 Å². The van der Waals surface area contributed by atoms with Crippen LogP contribution in [0.2, 0.25) is 0 Å². The van der Waals surface area contributed by atoms with Gasteiger partial charge in [0, 0.05) is 26.5 Å². The van der Waals surface area contributed by atoms with E-state index in [1.54, 1.807) is 13.3 Å². The first-order valence-electron chi connectivity index (χ1n) is 7.74. The molecule has 23 heavy (non-hydrogen) atoms. The Morgan fingerprint density at radius 1 is 1.35 bits per heavy atom. The van der Waals surface area contributed by atoms with E-state index in [9.17, 15) is 0 Å². The van der Waals surface area contributed by atoms with Gasteiger partial charge in [-0.25, -0.2) is 0 Å². The van der Waals surface area contributed by atoms with E-state index >= 15 is 0 Å². The lowest BCUT2D eigenvalue weighted by Crippen LogP contribution is -2.31. The van der Waals surface area contributed by atoms with Crippen molar-refractivity contribution in [2.75, 3.05) is 20.3 Å². The highest BCUT2D eigenvalue weighted by Crippen LogP contribution is 2.39.